The molecule has 3 aromatic carbocycles. The molecule has 4 aromatic rings. The van der Waals surface area contributed by atoms with Crippen LogP contribution in [0.25, 0.3) is 10.8 Å². The van der Waals surface area contributed by atoms with E-state index in [9.17, 15) is 28.4 Å². The number of H-pyrrole nitrogens is 1. The summed E-state index contributed by atoms with van der Waals surface area (Å²) in [6.07, 6.45) is -0.862. The summed E-state index contributed by atoms with van der Waals surface area (Å²) in [7, 11) is -4.41. The minimum atomic E-state index is -4.41. The van der Waals surface area contributed by atoms with Crippen molar-refractivity contribution in [2.75, 3.05) is 18.6 Å². The van der Waals surface area contributed by atoms with E-state index < -0.39 is 61.9 Å². The number of nitrogens with zero attached hydrogens (tertiary/aromatic N) is 1. The van der Waals surface area contributed by atoms with Crippen LogP contribution in [-0.4, -0.2) is 57.5 Å². The van der Waals surface area contributed by atoms with Crippen LogP contribution in [0.15, 0.2) is 88.6 Å². The molecule has 12 nitrogen and oxygen atoms in total. The van der Waals surface area contributed by atoms with Crippen LogP contribution < -0.4 is 20.9 Å². The van der Waals surface area contributed by atoms with Gasteiger partial charge in [-0.1, -0.05) is 66.7 Å². The predicted octanol–water partition coefficient (Wildman–Crippen LogP) is 4.14. The summed E-state index contributed by atoms with van der Waals surface area (Å²) in [5, 5.41) is 14.9. The normalized spacial score (nSPS) is 19.8. The zero-order valence-corrected chi connectivity index (χ0v) is 26.5. The van der Waals surface area contributed by atoms with E-state index in [2.05, 4.69) is 5.09 Å². The average Bonchev–Trinajstić information content (AvgIpc) is 3.43. The van der Waals surface area contributed by atoms with Crippen molar-refractivity contribution in [3.63, 3.8) is 0 Å². The fraction of sp³-hybridized carbons (Fsp3) is 0.323. The van der Waals surface area contributed by atoms with Crippen molar-refractivity contribution >= 4 is 36.3 Å². The number of aromatic amines is 1. The first-order valence-electron chi connectivity index (χ1n) is 14.4. The van der Waals surface area contributed by atoms with E-state index >= 15 is 0 Å². The molecule has 1 unspecified atom stereocenters. The lowest BCUT2D eigenvalue weighted by Gasteiger charge is -2.26. The van der Waals surface area contributed by atoms with Gasteiger partial charge in [0.1, 0.15) is 30.7 Å². The Kier molecular flexibility index (Phi) is 11.1. The Balaban J connectivity index is 1.38. The van der Waals surface area contributed by atoms with E-state index in [1.807, 2.05) is 59.8 Å². The number of ether oxygens (including phenoxy) is 2. The maximum absolute atomic E-state index is 14.5. The molecule has 1 aliphatic heterocycles. The number of esters is 1. The third kappa shape index (κ3) is 8.32. The quantitative estimate of drug-likeness (QED) is 0.131. The fourth-order valence-corrected chi connectivity index (χ4v) is 6.90. The highest BCUT2D eigenvalue weighted by Crippen LogP contribution is 2.48. The van der Waals surface area contributed by atoms with Gasteiger partial charge in [-0.2, -0.15) is 21.2 Å². The van der Waals surface area contributed by atoms with Crippen LogP contribution in [0.1, 0.15) is 24.6 Å². The molecule has 5 atom stereocenters. The molecule has 1 saturated heterocycles. The molecule has 5 rings (SSSR count). The van der Waals surface area contributed by atoms with Crippen molar-refractivity contribution in [2.24, 2.45) is 0 Å². The molecule has 0 spiro atoms. The predicted molar refractivity (Wildman–Crippen MR) is 170 cm³/mol. The maximum Gasteiger partial charge on any atom is 0.459 e. The van der Waals surface area contributed by atoms with Gasteiger partial charge in [0.05, 0.1) is 18.9 Å². The third-order valence-corrected chi connectivity index (χ3v) is 9.45. The van der Waals surface area contributed by atoms with Gasteiger partial charge in [0.15, 0.2) is 0 Å². The number of hydrogen-bond acceptors (Lipinski definition) is 10. The first kappa shape index (κ1) is 33.6. The molecule has 1 fully saturated rings. The molecule has 0 bridgehead atoms. The Hall–Kier alpha value is -3.78. The van der Waals surface area contributed by atoms with Gasteiger partial charge in [0.25, 0.3) is 5.56 Å². The van der Waals surface area contributed by atoms with Crippen LogP contribution in [0.5, 0.6) is 5.75 Å². The third-order valence-electron chi connectivity index (χ3n) is 7.25. The number of thioether (sulfide) groups is 1. The number of carbonyl (C=O) groups is 1. The second-order valence-electron chi connectivity index (χ2n) is 10.5. The van der Waals surface area contributed by atoms with Crippen LogP contribution in [0, 0.1) is 5.82 Å². The topological polar surface area (TPSA) is 158 Å². The molecular formula is C31H33FN3O9PS. The lowest BCUT2D eigenvalue weighted by molar-refractivity contribution is -0.147. The van der Waals surface area contributed by atoms with Crippen LogP contribution in [0.2, 0.25) is 0 Å². The highest BCUT2D eigenvalue weighted by molar-refractivity contribution is 7.98. The molecule has 46 heavy (non-hydrogen) atoms. The van der Waals surface area contributed by atoms with Crippen molar-refractivity contribution in [1.29, 1.82) is 0 Å². The maximum atomic E-state index is 14.5. The van der Waals surface area contributed by atoms with Crippen molar-refractivity contribution in [1.82, 2.24) is 14.6 Å². The smallest absolute Gasteiger partial charge is 0.459 e. The van der Waals surface area contributed by atoms with E-state index in [4.69, 9.17) is 18.5 Å². The Morgan fingerprint density at radius 2 is 1.89 bits per heavy atom. The first-order chi connectivity index (χ1) is 22.2. The van der Waals surface area contributed by atoms with Crippen LogP contribution in [0.4, 0.5) is 4.39 Å². The lowest BCUT2D eigenvalue weighted by Crippen LogP contribution is -2.39. The van der Waals surface area contributed by atoms with Gasteiger partial charge in [0, 0.05) is 11.8 Å². The van der Waals surface area contributed by atoms with Gasteiger partial charge in [-0.25, -0.2) is 9.36 Å². The molecule has 0 aliphatic carbocycles. The monoisotopic (exact) mass is 673 g/mol. The molecule has 15 heteroatoms. The Labute approximate surface area is 267 Å². The zero-order chi connectivity index (χ0) is 32.7. The summed E-state index contributed by atoms with van der Waals surface area (Å²) < 4.78 is 52.3. The minimum absolute atomic E-state index is 0.000665. The summed E-state index contributed by atoms with van der Waals surface area (Å²) in [6, 6.07) is 20.5. The molecule has 244 valence electrons. The van der Waals surface area contributed by atoms with E-state index in [1.165, 1.54) is 11.8 Å². The van der Waals surface area contributed by atoms with Gasteiger partial charge in [-0.05, 0) is 35.4 Å². The molecule has 0 amide bonds. The van der Waals surface area contributed by atoms with Crippen molar-refractivity contribution in [2.45, 2.75) is 43.9 Å². The fourth-order valence-electron chi connectivity index (χ4n) is 4.87. The highest BCUT2D eigenvalue weighted by Gasteiger charge is 2.40. The Bertz CT molecular complexity index is 1820. The molecule has 1 aromatic heterocycles. The number of nitrogens with one attached hydrogen (secondary N) is 2. The van der Waals surface area contributed by atoms with Crippen molar-refractivity contribution in [3.05, 3.63) is 111 Å². The minimum Gasteiger partial charge on any atom is -0.460 e. The van der Waals surface area contributed by atoms with Crippen LogP contribution in [-0.2, 0) is 30.0 Å². The number of fused-ring (bicyclic) bond motifs is 1. The van der Waals surface area contributed by atoms with E-state index in [0.29, 0.717) is 17.3 Å². The number of aliphatic hydroxyl groups is 1. The van der Waals surface area contributed by atoms with Gasteiger partial charge in [0.2, 0.25) is 5.82 Å². The summed E-state index contributed by atoms with van der Waals surface area (Å²) in [4.78, 5) is 38.8. The van der Waals surface area contributed by atoms with E-state index in [-0.39, 0.29) is 25.2 Å². The Morgan fingerprint density at radius 1 is 1.15 bits per heavy atom. The molecule has 1 aliphatic rings. The number of aliphatic hydroxyl groups excluding tert-OH is 1. The summed E-state index contributed by atoms with van der Waals surface area (Å²) in [6.45, 7) is -0.498. The number of carbonyl (C=O) groups excluding carboxylic acids is 1. The summed E-state index contributed by atoms with van der Waals surface area (Å²) >= 11 is 1.48. The highest BCUT2D eigenvalue weighted by atomic mass is 32.2. The SMILES string of the molecule is CSCC[C@H](NP(=O)(OC[C@H]1O[C@@H](n2cc(F)c(=O)[nH]c2=O)C[C@@H]1O)Oc1cccc2ccccc12)C(=O)OCc1ccccc1. The number of benzene rings is 3. The number of aromatic nitrogens is 2. The second kappa shape index (κ2) is 15.2. The first-order valence-corrected chi connectivity index (χ1v) is 17.3. The Morgan fingerprint density at radius 3 is 2.67 bits per heavy atom. The molecule has 3 N–H and O–H groups in total. The molecule has 0 saturated carbocycles. The van der Waals surface area contributed by atoms with E-state index in [0.717, 1.165) is 15.5 Å². The van der Waals surface area contributed by atoms with Gasteiger partial charge >= 0.3 is 19.4 Å². The summed E-state index contributed by atoms with van der Waals surface area (Å²) in [5.41, 5.74) is -1.34. The number of halogens is 1. The van der Waals surface area contributed by atoms with Crippen molar-refractivity contribution in [3.8, 4) is 5.75 Å². The van der Waals surface area contributed by atoms with Crippen molar-refractivity contribution < 1.29 is 37.4 Å². The van der Waals surface area contributed by atoms with Crippen LogP contribution >= 0.6 is 19.5 Å². The standard InChI is InChI=1S/C31H33FN3O9PS/c1-46-15-14-24(30(38)41-18-20-8-3-2-4-9-20)34-45(40,44-26-13-7-11-21-10-5-6-12-22(21)26)42-19-27-25(36)16-28(43-27)35-17-23(32)29(37)33-31(35)39/h2-13,17,24-25,27-28,36H,14-16,18-19H2,1H3,(H,34,40)(H,33,37,39)/t24-,25-,27+,28+,45?/m0/s1. The number of hydrogen-bond donors (Lipinski definition) is 3. The largest absolute Gasteiger partial charge is 0.460 e. The van der Waals surface area contributed by atoms with E-state index in [1.54, 1.807) is 24.3 Å². The molecule has 2 heterocycles. The average molecular weight is 674 g/mol. The zero-order valence-electron chi connectivity index (χ0n) is 24.7. The number of rotatable bonds is 14. The van der Waals surface area contributed by atoms with Gasteiger partial charge < -0.3 is 19.1 Å². The van der Waals surface area contributed by atoms with Gasteiger partial charge in [-0.15, -0.1) is 0 Å². The lowest BCUT2D eigenvalue weighted by atomic mass is 10.1. The molecular weight excluding hydrogens is 640 g/mol. The van der Waals surface area contributed by atoms with Crippen LogP contribution in [0.3, 0.4) is 0 Å². The molecule has 0 radical (unpaired) electrons. The van der Waals surface area contributed by atoms with Gasteiger partial charge in [-0.3, -0.25) is 23.7 Å². The summed E-state index contributed by atoms with van der Waals surface area (Å²) in [5.74, 6) is -1.13. The second-order valence-corrected chi connectivity index (χ2v) is 13.2.